The maximum Gasteiger partial charge on any atom is 0.0621 e. The molecule has 0 radical (unpaired) electrons. The summed E-state index contributed by atoms with van der Waals surface area (Å²) in [4.78, 5) is 0. The van der Waals surface area contributed by atoms with Crippen LogP contribution in [0.25, 0.3) is 0 Å². The molecule has 0 aromatic heterocycles. The van der Waals surface area contributed by atoms with Crippen LogP contribution in [0.3, 0.4) is 0 Å². The van der Waals surface area contributed by atoms with Crippen LogP contribution in [-0.4, -0.2) is 17.3 Å². The summed E-state index contributed by atoms with van der Waals surface area (Å²) in [6.45, 7) is 6.03. The number of benzene rings is 2. The van der Waals surface area contributed by atoms with Crippen LogP contribution in [0.1, 0.15) is 37.8 Å². The zero-order valence-corrected chi connectivity index (χ0v) is 13.4. The van der Waals surface area contributed by atoms with Crippen LogP contribution in [-0.2, 0) is 0 Å². The Morgan fingerprint density at radius 1 is 0.952 bits per heavy atom. The fourth-order valence-corrected chi connectivity index (χ4v) is 2.80. The molecule has 2 atom stereocenters. The first-order chi connectivity index (χ1) is 9.97. The van der Waals surface area contributed by atoms with E-state index in [1.54, 1.807) is 0 Å². The maximum atomic E-state index is 10.2. The molecule has 3 heteroatoms. The van der Waals surface area contributed by atoms with Crippen molar-refractivity contribution in [3.63, 3.8) is 0 Å². The Morgan fingerprint density at radius 2 is 1.57 bits per heavy atom. The minimum atomic E-state index is -0.488. The number of rotatable bonds is 5. The first kappa shape index (κ1) is 15.9. The van der Waals surface area contributed by atoms with Crippen LogP contribution in [0.5, 0.6) is 0 Å². The Balaban J connectivity index is 2.39. The van der Waals surface area contributed by atoms with Gasteiger partial charge in [-0.1, -0.05) is 35.9 Å². The first-order valence-corrected chi connectivity index (χ1v) is 7.65. The fourth-order valence-electron chi connectivity index (χ4n) is 2.60. The lowest BCUT2D eigenvalue weighted by Crippen LogP contribution is -2.17. The molecule has 0 fully saturated rings. The highest BCUT2D eigenvalue weighted by Crippen LogP contribution is 2.31. The van der Waals surface area contributed by atoms with Gasteiger partial charge in [-0.25, -0.2) is 0 Å². The van der Waals surface area contributed by atoms with Gasteiger partial charge in [0.1, 0.15) is 0 Å². The van der Waals surface area contributed by atoms with E-state index in [-0.39, 0.29) is 5.92 Å². The van der Waals surface area contributed by atoms with Gasteiger partial charge in [0.15, 0.2) is 0 Å². The number of nitrogens with one attached hydrogen (secondary N) is 1. The molecule has 21 heavy (non-hydrogen) atoms. The van der Waals surface area contributed by atoms with Gasteiger partial charge in [0.2, 0.25) is 0 Å². The van der Waals surface area contributed by atoms with Crippen molar-refractivity contribution in [1.29, 1.82) is 0 Å². The van der Waals surface area contributed by atoms with Gasteiger partial charge in [-0.3, -0.25) is 0 Å². The molecule has 2 rings (SSSR count). The highest BCUT2D eigenvalue weighted by atomic mass is 35.5. The van der Waals surface area contributed by atoms with Crippen molar-refractivity contribution >= 4 is 17.3 Å². The van der Waals surface area contributed by atoms with Gasteiger partial charge in [0.25, 0.3) is 0 Å². The van der Waals surface area contributed by atoms with Gasteiger partial charge < -0.3 is 10.4 Å². The fraction of sp³-hybridized carbons (Fsp3) is 0.333. The maximum absolute atomic E-state index is 10.2. The summed E-state index contributed by atoms with van der Waals surface area (Å²) in [5, 5.41) is 14.3. The van der Waals surface area contributed by atoms with Crippen molar-refractivity contribution in [2.75, 3.05) is 5.32 Å². The van der Waals surface area contributed by atoms with Crippen LogP contribution in [0, 0.1) is 0 Å². The summed E-state index contributed by atoms with van der Waals surface area (Å²) in [5.74, 6) is -0.0855. The van der Waals surface area contributed by atoms with Gasteiger partial charge in [0.05, 0.1) is 6.10 Å². The van der Waals surface area contributed by atoms with Crippen molar-refractivity contribution in [3.8, 4) is 0 Å². The Morgan fingerprint density at radius 3 is 2.14 bits per heavy atom. The van der Waals surface area contributed by atoms with E-state index < -0.39 is 6.10 Å². The van der Waals surface area contributed by atoms with Crippen molar-refractivity contribution < 1.29 is 5.11 Å². The van der Waals surface area contributed by atoms with E-state index in [0.29, 0.717) is 11.1 Å². The smallest absolute Gasteiger partial charge is 0.0621 e. The largest absolute Gasteiger partial charge is 0.392 e. The van der Waals surface area contributed by atoms with Gasteiger partial charge in [-0.15, -0.1) is 0 Å². The molecule has 0 heterocycles. The molecule has 2 unspecified atom stereocenters. The Hall–Kier alpha value is -1.51. The molecule has 0 saturated heterocycles. The molecule has 0 bridgehead atoms. The standard InChI is InChI=1S/C18H22ClNO/c1-12(2)20-17-9-5-7-15(11-17)18(13(3)21)14-6-4-8-16(19)10-14/h4-13,18,20-21H,1-3H3. The second-order valence-electron chi connectivity index (χ2n) is 5.70. The summed E-state index contributed by atoms with van der Waals surface area (Å²) >= 11 is 6.09. The first-order valence-electron chi connectivity index (χ1n) is 7.27. The summed E-state index contributed by atoms with van der Waals surface area (Å²) in [7, 11) is 0. The molecule has 0 aliphatic carbocycles. The third-order valence-corrected chi connectivity index (χ3v) is 3.63. The molecule has 2 nitrogen and oxygen atoms in total. The van der Waals surface area contributed by atoms with E-state index >= 15 is 0 Å². The highest BCUT2D eigenvalue weighted by Gasteiger charge is 2.20. The predicted molar refractivity (Wildman–Crippen MR) is 90.2 cm³/mol. The molecule has 0 spiro atoms. The molecule has 112 valence electrons. The number of hydrogen-bond donors (Lipinski definition) is 2. The summed E-state index contributed by atoms with van der Waals surface area (Å²) in [6.07, 6.45) is -0.488. The number of hydrogen-bond acceptors (Lipinski definition) is 2. The molecule has 0 aliphatic heterocycles. The molecule has 2 N–H and O–H groups in total. The second kappa shape index (κ2) is 6.97. The minimum Gasteiger partial charge on any atom is -0.392 e. The van der Waals surface area contributed by atoms with E-state index in [4.69, 9.17) is 11.6 Å². The molecule has 2 aromatic rings. The Bertz CT molecular complexity index is 595. The predicted octanol–water partition coefficient (Wildman–Crippen LogP) is 4.67. The lowest BCUT2D eigenvalue weighted by atomic mass is 9.87. The van der Waals surface area contributed by atoms with Crippen LogP contribution in [0.15, 0.2) is 48.5 Å². The summed E-state index contributed by atoms with van der Waals surface area (Å²) < 4.78 is 0. The van der Waals surface area contributed by atoms with Crippen LogP contribution < -0.4 is 5.32 Å². The molecule has 0 aliphatic rings. The van der Waals surface area contributed by atoms with E-state index in [1.807, 2.05) is 49.4 Å². The number of anilines is 1. The zero-order valence-electron chi connectivity index (χ0n) is 12.7. The molecule has 2 aromatic carbocycles. The van der Waals surface area contributed by atoms with Crippen LogP contribution in [0.4, 0.5) is 5.69 Å². The second-order valence-corrected chi connectivity index (χ2v) is 6.13. The quantitative estimate of drug-likeness (QED) is 0.841. The van der Waals surface area contributed by atoms with E-state index in [0.717, 1.165) is 16.8 Å². The summed E-state index contributed by atoms with van der Waals surface area (Å²) in [5.41, 5.74) is 3.17. The Kier molecular flexibility index (Phi) is 5.27. The van der Waals surface area contributed by atoms with Crippen molar-refractivity contribution in [3.05, 3.63) is 64.7 Å². The lowest BCUT2D eigenvalue weighted by molar-refractivity contribution is 0.176. The summed E-state index contributed by atoms with van der Waals surface area (Å²) in [6, 6.07) is 16.3. The normalized spacial score (nSPS) is 14.0. The zero-order chi connectivity index (χ0) is 15.4. The van der Waals surface area contributed by atoms with Gasteiger partial charge in [-0.2, -0.15) is 0 Å². The average molecular weight is 304 g/mol. The molecular formula is C18H22ClNO. The van der Waals surface area contributed by atoms with Gasteiger partial charge in [-0.05, 0) is 56.2 Å². The van der Waals surface area contributed by atoms with E-state index in [9.17, 15) is 5.11 Å². The topological polar surface area (TPSA) is 32.3 Å². The molecule has 0 saturated carbocycles. The average Bonchev–Trinajstić information content (AvgIpc) is 2.38. The Labute approximate surface area is 131 Å². The molecular weight excluding hydrogens is 282 g/mol. The van der Waals surface area contributed by atoms with E-state index in [2.05, 4.69) is 25.2 Å². The van der Waals surface area contributed by atoms with Crippen molar-refractivity contribution in [1.82, 2.24) is 0 Å². The van der Waals surface area contributed by atoms with Gasteiger partial charge in [0, 0.05) is 22.7 Å². The van der Waals surface area contributed by atoms with Crippen LogP contribution in [0.2, 0.25) is 5.02 Å². The van der Waals surface area contributed by atoms with Crippen molar-refractivity contribution in [2.45, 2.75) is 38.8 Å². The third-order valence-electron chi connectivity index (χ3n) is 3.39. The highest BCUT2D eigenvalue weighted by molar-refractivity contribution is 6.30. The SMILES string of the molecule is CC(C)Nc1cccc(C(c2cccc(Cl)c2)C(C)O)c1. The van der Waals surface area contributed by atoms with Crippen LogP contribution >= 0.6 is 11.6 Å². The monoisotopic (exact) mass is 303 g/mol. The lowest BCUT2D eigenvalue weighted by Gasteiger charge is -2.22. The molecule has 0 amide bonds. The number of aliphatic hydroxyl groups is 1. The minimum absolute atomic E-state index is 0.0855. The number of aliphatic hydroxyl groups excluding tert-OH is 1. The van der Waals surface area contributed by atoms with E-state index in [1.165, 1.54) is 0 Å². The van der Waals surface area contributed by atoms with Gasteiger partial charge >= 0.3 is 0 Å². The number of halogens is 1. The van der Waals surface area contributed by atoms with Crippen molar-refractivity contribution in [2.24, 2.45) is 0 Å². The third kappa shape index (κ3) is 4.23.